The summed E-state index contributed by atoms with van der Waals surface area (Å²) in [6, 6.07) is 11.5. The van der Waals surface area contributed by atoms with E-state index in [0.717, 1.165) is 4.47 Å². The average molecular weight is 354 g/mol. The third kappa shape index (κ3) is 3.30. The van der Waals surface area contributed by atoms with Gasteiger partial charge in [0.25, 0.3) is 0 Å². The van der Waals surface area contributed by atoms with Gasteiger partial charge >= 0.3 is 0 Å². The lowest BCUT2D eigenvalue weighted by Gasteiger charge is -2.18. The van der Waals surface area contributed by atoms with Gasteiger partial charge in [-0.2, -0.15) is 5.26 Å². The molecule has 0 bridgehead atoms. The number of nitriles is 1. The first-order valence-electron chi connectivity index (χ1n) is 5.92. The maximum absolute atomic E-state index is 13.8. The highest BCUT2D eigenvalue weighted by molar-refractivity contribution is 9.10. The maximum Gasteiger partial charge on any atom is 0.128 e. The van der Waals surface area contributed by atoms with Gasteiger partial charge in [-0.05, 0) is 43.3 Å². The molecule has 2 rings (SSSR count). The van der Waals surface area contributed by atoms with E-state index in [9.17, 15) is 4.39 Å². The van der Waals surface area contributed by atoms with E-state index in [0.29, 0.717) is 21.8 Å². The minimum atomic E-state index is -0.297. The summed E-state index contributed by atoms with van der Waals surface area (Å²) in [7, 11) is 0. The second-order valence-electron chi connectivity index (χ2n) is 4.33. The Bertz CT molecular complexity index is 682. The van der Waals surface area contributed by atoms with E-state index in [2.05, 4.69) is 27.3 Å². The molecule has 2 nitrogen and oxygen atoms in total. The van der Waals surface area contributed by atoms with Crippen molar-refractivity contribution in [1.29, 1.82) is 5.26 Å². The van der Waals surface area contributed by atoms with Crippen molar-refractivity contribution in [3.05, 3.63) is 62.8 Å². The summed E-state index contributed by atoms with van der Waals surface area (Å²) in [6.07, 6.45) is 0. The number of halogens is 3. The Morgan fingerprint density at radius 2 is 2.05 bits per heavy atom. The van der Waals surface area contributed by atoms with Crippen LogP contribution in [0.4, 0.5) is 10.1 Å². The molecule has 0 heterocycles. The molecule has 2 aromatic rings. The summed E-state index contributed by atoms with van der Waals surface area (Å²) in [5, 5.41) is 12.7. The number of nitrogens with one attached hydrogen (secondary N) is 1. The SMILES string of the molecule is CC(Nc1cc(Cl)ccc1C#N)c1cc(Br)ccc1F. The van der Waals surface area contributed by atoms with E-state index in [1.165, 1.54) is 6.07 Å². The van der Waals surface area contributed by atoms with Gasteiger partial charge in [-0.25, -0.2) is 4.39 Å². The molecule has 0 aromatic heterocycles. The van der Waals surface area contributed by atoms with Gasteiger partial charge in [0.1, 0.15) is 11.9 Å². The molecule has 0 aliphatic carbocycles. The van der Waals surface area contributed by atoms with E-state index in [1.54, 1.807) is 30.3 Å². The predicted octanol–water partition coefficient (Wildman–Crippen LogP) is 5.29. The fraction of sp³-hybridized carbons (Fsp3) is 0.133. The van der Waals surface area contributed by atoms with Crippen LogP contribution in [0.2, 0.25) is 5.02 Å². The second kappa shape index (κ2) is 6.25. The van der Waals surface area contributed by atoms with Crippen molar-refractivity contribution >= 4 is 33.2 Å². The Kier molecular flexibility index (Phi) is 4.64. The first-order valence-corrected chi connectivity index (χ1v) is 7.09. The molecule has 1 N–H and O–H groups in total. The number of rotatable bonds is 3. The van der Waals surface area contributed by atoms with Gasteiger partial charge in [-0.15, -0.1) is 0 Å². The van der Waals surface area contributed by atoms with Crippen LogP contribution in [0, 0.1) is 17.1 Å². The monoisotopic (exact) mass is 352 g/mol. The number of nitrogens with zero attached hydrogens (tertiary/aromatic N) is 1. The Hall–Kier alpha value is -1.57. The maximum atomic E-state index is 13.8. The lowest BCUT2D eigenvalue weighted by Crippen LogP contribution is -2.09. The quantitative estimate of drug-likeness (QED) is 0.814. The summed E-state index contributed by atoms with van der Waals surface area (Å²) in [5.74, 6) is -0.297. The largest absolute Gasteiger partial charge is 0.377 e. The van der Waals surface area contributed by atoms with E-state index in [-0.39, 0.29) is 11.9 Å². The molecule has 5 heteroatoms. The number of hydrogen-bond donors (Lipinski definition) is 1. The third-order valence-corrected chi connectivity index (χ3v) is 3.63. The highest BCUT2D eigenvalue weighted by atomic mass is 79.9. The van der Waals surface area contributed by atoms with Gasteiger partial charge in [0, 0.05) is 15.1 Å². The molecule has 0 saturated heterocycles. The molecule has 102 valence electrons. The van der Waals surface area contributed by atoms with E-state index in [4.69, 9.17) is 16.9 Å². The van der Waals surface area contributed by atoms with Gasteiger partial charge in [0.15, 0.2) is 0 Å². The first-order chi connectivity index (χ1) is 9.51. The van der Waals surface area contributed by atoms with E-state index in [1.807, 2.05) is 6.92 Å². The molecule has 0 saturated carbocycles. The molecular formula is C15H11BrClFN2. The summed E-state index contributed by atoms with van der Waals surface area (Å²) in [5.41, 5.74) is 1.58. The summed E-state index contributed by atoms with van der Waals surface area (Å²) in [6.45, 7) is 1.83. The van der Waals surface area contributed by atoms with Crippen LogP contribution in [0.3, 0.4) is 0 Å². The lowest BCUT2D eigenvalue weighted by atomic mass is 10.1. The third-order valence-electron chi connectivity index (χ3n) is 2.90. The average Bonchev–Trinajstić information content (AvgIpc) is 2.41. The van der Waals surface area contributed by atoms with Crippen molar-refractivity contribution < 1.29 is 4.39 Å². The Labute approximate surface area is 130 Å². The lowest BCUT2D eigenvalue weighted by molar-refractivity contribution is 0.600. The van der Waals surface area contributed by atoms with E-state index < -0.39 is 0 Å². The summed E-state index contributed by atoms with van der Waals surface area (Å²) >= 11 is 9.25. The van der Waals surface area contributed by atoms with Crippen molar-refractivity contribution in [3.8, 4) is 6.07 Å². The van der Waals surface area contributed by atoms with Crippen LogP contribution in [-0.2, 0) is 0 Å². The number of hydrogen-bond acceptors (Lipinski definition) is 2. The minimum Gasteiger partial charge on any atom is -0.377 e. The molecule has 0 aliphatic heterocycles. The van der Waals surface area contributed by atoms with Crippen LogP contribution in [-0.4, -0.2) is 0 Å². The molecule has 1 atom stereocenters. The number of benzene rings is 2. The second-order valence-corrected chi connectivity index (χ2v) is 5.69. The van der Waals surface area contributed by atoms with Crippen molar-refractivity contribution in [3.63, 3.8) is 0 Å². The van der Waals surface area contributed by atoms with Crippen molar-refractivity contribution in [1.82, 2.24) is 0 Å². The van der Waals surface area contributed by atoms with Crippen LogP contribution in [0.15, 0.2) is 40.9 Å². The molecule has 2 aromatic carbocycles. The summed E-state index contributed by atoms with van der Waals surface area (Å²) in [4.78, 5) is 0. The number of anilines is 1. The van der Waals surface area contributed by atoms with Crippen LogP contribution >= 0.6 is 27.5 Å². The molecule has 0 amide bonds. The Morgan fingerprint density at radius 3 is 2.75 bits per heavy atom. The van der Waals surface area contributed by atoms with Gasteiger partial charge in [0.2, 0.25) is 0 Å². The Morgan fingerprint density at radius 1 is 1.30 bits per heavy atom. The topological polar surface area (TPSA) is 35.8 Å². The Balaban J connectivity index is 2.32. The normalized spacial score (nSPS) is 11.8. The van der Waals surface area contributed by atoms with Crippen LogP contribution in [0.1, 0.15) is 24.1 Å². The predicted molar refractivity (Wildman–Crippen MR) is 82.3 cm³/mol. The fourth-order valence-corrected chi connectivity index (χ4v) is 2.44. The summed E-state index contributed by atoms with van der Waals surface area (Å²) < 4.78 is 14.6. The standard InChI is InChI=1S/C15H11BrClFN2/c1-9(13-6-11(16)3-5-14(13)18)20-15-7-12(17)4-2-10(15)8-19/h2-7,9,20H,1H3. The van der Waals surface area contributed by atoms with Gasteiger partial charge in [-0.3, -0.25) is 0 Å². The fourth-order valence-electron chi connectivity index (χ4n) is 1.89. The molecule has 0 fully saturated rings. The zero-order valence-electron chi connectivity index (χ0n) is 10.6. The van der Waals surface area contributed by atoms with Gasteiger partial charge in [-0.1, -0.05) is 27.5 Å². The van der Waals surface area contributed by atoms with Gasteiger partial charge in [0.05, 0.1) is 17.3 Å². The minimum absolute atomic E-state index is 0.293. The molecule has 1 unspecified atom stereocenters. The highest BCUT2D eigenvalue weighted by Gasteiger charge is 2.13. The van der Waals surface area contributed by atoms with Crippen molar-refractivity contribution in [2.24, 2.45) is 0 Å². The zero-order chi connectivity index (χ0) is 14.7. The van der Waals surface area contributed by atoms with Crippen molar-refractivity contribution in [2.45, 2.75) is 13.0 Å². The van der Waals surface area contributed by atoms with E-state index >= 15 is 0 Å². The highest BCUT2D eigenvalue weighted by Crippen LogP contribution is 2.28. The smallest absolute Gasteiger partial charge is 0.128 e. The molecule has 0 spiro atoms. The first kappa shape index (κ1) is 14.8. The molecule has 0 radical (unpaired) electrons. The van der Waals surface area contributed by atoms with Crippen molar-refractivity contribution in [2.75, 3.05) is 5.32 Å². The van der Waals surface area contributed by atoms with Crippen LogP contribution < -0.4 is 5.32 Å². The molecule has 0 aliphatic rings. The zero-order valence-corrected chi connectivity index (χ0v) is 13.0. The molecular weight excluding hydrogens is 343 g/mol. The van der Waals surface area contributed by atoms with Crippen LogP contribution in [0.25, 0.3) is 0 Å². The van der Waals surface area contributed by atoms with Crippen LogP contribution in [0.5, 0.6) is 0 Å². The molecule has 20 heavy (non-hydrogen) atoms. The van der Waals surface area contributed by atoms with Gasteiger partial charge < -0.3 is 5.32 Å².